The smallest absolute Gasteiger partial charge is 0.261 e. The maximum absolute atomic E-state index is 12.4. The molecular weight excluding hydrogens is 411 g/mol. The summed E-state index contributed by atoms with van der Waals surface area (Å²) in [6, 6.07) is 10.6. The maximum atomic E-state index is 12.4. The number of nitrogens with one attached hydrogen (secondary N) is 2. The molecule has 9 heteroatoms. The average Bonchev–Trinajstić information content (AvgIpc) is 2.58. The van der Waals surface area contributed by atoms with Crippen molar-refractivity contribution in [3.63, 3.8) is 0 Å². The van der Waals surface area contributed by atoms with E-state index >= 15 is 0 Å². The van der Waals surface area contributed by atoms with Gasteiger partial charge in [0.15, 0.2) is 0 Å². The molecule has 0 radical (unpaired) electrons. The Kier molecular flexibility index (Phi) is 7.49. The Balaban J connectivity index is 2.02. The summed E-state index contributed by atoms with van der Waals surface area (Å²) in [6.07, 6.45) is 0.188. The Morgan fingerprint density at radius 2 is 1.78 bits per heavy atom. The van der Waals surface area contributed by atoms with Crippen LogP contribution in [0.25, 0.3) is 0 Å². The first-order chi connectivity index (χ1) is 12.7. The summed E-state index contributed by atoms with van der Waals surface area (Å²) in [5.41, 5.74) is 1.13. The van der Waals surface area contributed by atoms with Crippen molar-refractivity contribution in [2.75, 3.05) is 18.4 Å². The molecule has 1 atom stereocenters. The van der Waals surface area contributed by atoms with Gasteiger partial charge in [-0.15, -0.1) is 0 Å². The normalized spacial score (nSPS) is 12.4. The SMILES string of the molecule is COCC(C)NC(=O)Cc1ccc(NS(=O)(=O)c2ccc(Cl)c(Cl)c2)cc1. The Labute approximate surface area is 168 Å². The number of halogens is 2. The third kappa shape index (κ3) is 6.39. The van der Waals surface area contributed by atoms with Gasteiger partial charge in [0.05, 0.1) is 28.0 Å². The summed E-state index contributed by atoms with van der Waals surface area (Å²) < 4.78 is 32.3. The van der Waals surface area contributed by atoms with Crippen LogP contribution < -0.4 is 10.0 Å². The van der Waals surface area contributed by atoms with Crippen LogP contribution in [0.4, 0.5) is 5.69 Å². The molecule has 1 unspecified atom stereocenters. The minimum Gasteiger partial charge on any atom is -0.383 e. The molecule has 0 saturated carbocycles. The molecule has 2 aromatic rings. The fraction of sp³-hybridized carbons (Fsp3) is 0.278. The molecule has 2 aromatic carbocycles. The molecule has 0 fully saturated rings. The fourth-order valence-electron chi connectivity index (χ4n) is 2.35. The molecule has 0 heterocycles. The van der Waals surface area contributed by atoms with E-state index < -0.39 is 10.0 Å². The van der Waals surface area contributed by atoms with Crippen molar-refractivity contribution in [2.45, 2.75) is 24.3 Å². The second-order valence-corrected chi connectivity index (χ2v) is 8.48. The largest absolute Gasteiger partial charge is 0.383 e. The Morgan fingerprint density at radius 3 is 2.37 bits per heavy atom. The van der Waals surface area contributed by atoms with Crippen LogP contribution in [0.15, 0.2) is 47.4 Å². The van der Waals surface area contributed by atoms with Crippen LogP contribution in [0.1, 0.15) is 12.5 Å². The van der Waals surface area contributed by atoms with Gasteiger partial charge in [-0.1, -0.05) is 35.3 Å². The van der Waals surface area contributed by atoms with Gasteiger partial charge in [-0.3, -0.25) is 9.52 Å². The fourth-order valence-corrected chi connectivity index (χ4v) is 3.80. The van der Waals surface area contributed by atoms with E-state index in [4.69, 9.17) is 27.9 Å². The number of hydrogen-bond acceptors (Lipinski definition) is 4. The molecule has 0 saturated heterocycles. The highest BCUT2D eigenvalue weighted by Crippen LogP contribution is 2.26. The maximum Gasteiger partial charge on any atom is 0.261 e. The lowest BCUT2D eigenvalue weighted by atomic mass is 10.1. The molecule has 2 N–H and O–H groups in total. The van der Waals surface area contributed by atoms with Crippen molar-refractivity contribution in [1.82, 2.24) is 5.32 Å². The zero-order chi connectivity index (χ0) is 20.0. The van der Waals surface area contributed by atoms with Gasteiger partial charge in [0.25, 0.3) is 10.0 Å². The quantitative estimate of drug-likeness (QED) is 0.670. The summed E-state index contributed by atoms with van der Waals surface area (Å²) in [5, 5.41) is 3.25. The number of hydrogen-bond donors (Lipinski definition) is 2. The topological polar surface area (TPSA) is 84.5 Å². The van der Waals surface area contributed by atoms with Crippen molar-refractivity contribution < 1.29 is 17.9 Å². The minimum atomic E-state index is -3.80. The van der Waals surface area contributed by atoms with Crippen molar-refractivity contribution in [3.05, 3.63) is 58.1 Å². The molecule has 0 aliphatic carbocycles. The number of ether oxygens (including phenoxy) is 1. The van der Waals surface area contributed by atoms with E-state index in [-0.39, 0.29) is 33.3 Å². The van der Waals surface area contributed by atoms with Gasteiger partial charge < -0.3 is 10.1 Å². The van der Waals surface area contributed by atoms with Crippen LogP contribution in [-0.2, 0) is 26.0 Å². The molecule has 27 heavy (non-hydrogen) atoms. The van der Waals surface area contributed by atoms with Crippen LogP contribution in [0.5, 0.6) is 0 Å². The molecule has 146 valence electrons. The van der Waals surface area contributed by atoms with Gasteiger partial charge in [-0.25, -0.2) is 8.42 Å². The van der Waals surface area contributed by atoms with Gasteiger partial charge in [0, 0.05) is 18.8 Å². The molecule has 6 nitrogen and oxygen atoms in total. The minimum absolute atomic E-state index is 0.00693. The lowest BCUT2D eigenvalue weighted by Crippen LogP contribution is -2.36. The van der Waals surface area contributed by atoms with Crippen molar-refractivity contribution in [1.29, 1.82) is 0 Å². The predicted octanol–water partition coefficient (Wildman–Crippen LogP) is 3.49. The van der Waals surface area contributed by atoms with Gasteiger partial charge in [0.2, 0.25) is 5.91 Å². The first-order valence-corrected chi connectivity index (χ1v) is 10.3. The lowest BCUT2D eigenvalue weighted by Gasteiger charge is -2.13. The highest BCUT2D eigenvalue weighted by Gasteiger charge is 2.16. The van der Waals surface area contributed by atoms with Gasteiger partial charge in [-0.2, -0.15) is 0 Å². The van der Waals surface area contributed by atoms with Crippen molar-refractivity contribution in [2.24, 2.45) is 0 Å². The summed E-state index contributed by atoms with van der Waals surface area (Å²) in [5.74, 6) is -0.135. The number of anilines is 1. The van der Waals surface area contributed by atoms with Crippen molar-refractivity contribution in [3.8, 4) is 0 Å². The number of carbonyl (C=O) groups excluding carboxylic acids is 1. The van der Waals surface area contributed by atoms with Crippen LogP contribution in [0, 0.1) is 0 Å². The van der Waals surface area contributed by atoms with Crippen LogP contribution in [0.2, 0.25) is 10.0 Å². The van der Waals surface area contributed by atoms with E-state index in [0.717, 1.165) is 5.56 Å². The number of carbonyl (C=O) groups is 1. The van der Waals surface area contributed by atoms with E-state index in [1.807, 2.05) is 6.92 Å². The molecule has 0 spiro atoms. The Morgan fingerprint density at radius 1 is 1.11 bits per heavy atom. The predicted molar refractivity (Wildman–Crippen MR) is 107 cm³/mol. The molecule has 2 rings (SSSR count). The Bertz CT molecular complexity index is 902. The number of benzene rings is 2. The lowest BCUT2D eigenvalue weighted by molar-refractivity contribution is -0.121. The van der Waals surface area contributed by atoms with E-state index in [9.17, 15) is 13.2 Å². The second-order valence-electron chi connectivity index (χ2n) is 5.98. The first-order valence-electron chi connectivity index (χ1n) is 8.06. The molecule has 0 bridgehead atoms. The standard InChI is InChI=1S/C18H20Cl2N2O4S/c1-12(11-26-2)21-18(23)9-13-3-5-14(6-4-13)22-27(24,25)15-7-8-16(19)17(20)10-15/h3-8,10,12,22H,9,11H2,1-2H3,(H,21,23). The highest BCUT2D eigenvalue weighted by molar-refractivity contribution is 7.92. The molecule has 1 amide bonds. The summed E-state index contributed by atoms with van der Waals surface area (Å²) in [6.45, 7) is 2.28. The van der Waals surface area contributed by atoms with Crippen molar-refractivity contribution >= 4 is 44.8 Å². The van der Waals surface area contributed by atoms with Gasteiger partial charge in [0.1, 0.15) is 0 Å². The number of sulfonamides is 1. The highest BCUT2D eigenvalue weighted by atomic mass is 35.5. The van der Waals surface area contributed by atoms with Crippen LogP contribution in [0.3, 0.4) is 0 Å². The zero-order valence-electron chi connectivity index (χ0n) is 14.8. The third-order valence-corrected chi connectivity index (χ3v) is 5.71. The number of amides is 1. The molecule has 0 aromatic heterocycles. The monoisotopic (exact) mass is 430 g/mol. The third-order valence-electron chi connectivity index (χ3n) is 3.60. The number of methoxy groups -OCH3 is 1. The second kappa shape index (κ2) is 9.41. The van der Waals surface area contributed by atoms with E-state index in [2.05, 4.69) is 10.0 Å². The molecular formula is C18H20Cl2N2O4S. The molecule has 0 aliphatic rings. The van der Waals surface area contributed by atoms with Gasteiger partial charge in [-0.05, 0) is 42.8 Å². The molecule has 0 aliphatic heterocycles. The Hall–Kier alpha value is -1.80. The average molecular weight is 431 g/mol. The summed E-state index contributed by atoms with van der Waals surface area (Å²) >= 11 is 11.7. The van der Waals surface area contributed by atoms with Gasteiger partial charge >= 0.3 is 0 Å². The van der Waals surface area contributed by atoms with E-state index in [0.29, 0.717) is 12.3 Å². The van der Waals surface area contributed by atoms with E-state index in [1.165, 1.54) is 18.2 Å². The number of rotatable bonds is 8. The summed E-state index contributed by atoms with van der Waals surface area (Å²) in [4.78, 5) is 12.0. The summed E-state index contributed by atoms with van der Waals surface area (Å²) in [7, 11) is -2.23. The van der Waals surface area contributed by atoms with Crippen LogP contribution in [-0.4, -0.2) is 34.1 Å². The van der Waals surface area contributed by atoms with E-state index in [1.54, 1.807) is 31.4 Å². The zero-order valence-corrected chi connectivity index (χ0v) is 17.2. The van der Waals surface area contributed by atoms with Crippen LogP contribution >= 0.6 is 23.2 Å². The first kappa shape index (κ1) is 21.5.